The minimum absolute atomic E-state index is 0.488. The number of carboxylic acids is 1. The molecule has 0 aliphatic carbocycles. The van der Waals surface area contributed by atoms with Gasteiger partial charge in [0.15, 0.2) is 0 Å². The number of carbonyl (C=O) groups is 1. The van der Waals surface area contributed by atoms with E-state index >= 15 is 0 Å². The Morgan fingerprint density at radius 2 is 1.95 bits per heavy atom. The van der Waals surface area contributed by atoms with Crippen LogP contribution in [0.25, 0.3) is 0 Å². The van der Waals surface area contributed by atoms with Crippen molar-refractivity contribution in [2.24, 2.45) is 12.5 Å². The standard InChI is InChI=1S/C13H22ClN3O2/c1-8-9(10(14)17(6)16-8)7-15-13(4,5)12(2,3)11(18)19/h15H,7H2,1-6H3,(H,18,19). The van der Waals surface area contributed by atoms with Crippen molar-refractivity contribution in [3.05, 3.63) is 16.4 Å². The second-order valence-corrected chi connectivity index (χ2v) is 6.25. The Labute approximate surface area is 118 Å². The molecule has 19 heavy (non-hydrogen) atoms. The van der Waals surface area contributed by atoms with E-state index in [0.717, 1.165) is 11.3 Å². The minimum atomic E-state index is -0.893. The van der Waals surface area contributed by atoms with Gasteiger partial charge in [0.05, 0.1) is 11.1 Å². The lowest BCUT2D eigenvalue weighted by Gasteiger charge is -2.39. The van der Waals surface area contributed by atoms with E-state index in [1.165, 1.54) is 0 Å². The molecular weight excluding hydrogens is 266 g/mol. The number of nitrogens with zero attached hydrogens (tertiary/aromatic N) is 2. The van der Waals surface area contributed by atoms with Crippen molar-refractivity contribution in [3.63, 3.8) is 0 Å². The zero-order valence-corrected chi connectivity index (χ0v) is 13.1. The summed E-state index contributed by atoms with van der Waals surface area (Å²) in [4.78, 5) is 11.3. The molecule has 0 bridgehead atoms. The zero-order valence-electron chi connectivity index (χ0n) is 12.3. The van der Waals surface area contributed by atoms with Crippen molar-refractivity contribution in [2.75, 3.05) is 0 Å². The summed E-state index contributed by atoms with van der Waals surface area (Å²) in [6.07, 6.45) is 0. The number of aryl methyl sites for hydroxylation is 2. The smallest absolute Gasteiger partial charge is 0.310 e. The molecule has 2 N–H and O–H groups in total. The number of aromatic nitrogens is 2. The highest BCUT2D eigenvalue weighted by Gasteiger charge is 2.43. The first-order valence-corrected chi connectivity index (χ1v) is 6.55. The molecule has 1 rings (SSSR count). The Balaban J connectivity index is 2.89. The number of halogens is 1. The van der Waals surface area contributed by atoms with Gasteiger partial charge in [-0.1, -0.05) is 11.6 Å². The molecule has 1 heterocycles. The van der Waals surface area contributed by atoms with Crippen LogP contribution in [-0.2, 0) is 18.4 Å². The Morgan fingerprint density at radius 3 is 2.32 bits per heavy atom. The van der Waals surface area contributed by atoms with Gasteiger partial charge in [0.2, 0.25) is 0 Å². The molecule has 0 unspecified atom stereocenters. The van der Waals surface area contributed by atoms with E-state index in [1.54, 1.807) is 25.6 Å². The second-order valence-electron chi connectivity index (χ2n) is 5.89. The molecule has 0 amide bonds. The van der Waals surface area contributed by atoms with Gasteiger partial charge in [-0.25, -0.2) is 0 Å². The van der Waals surface area contributed by atoms with Crippen LogP contribution in [0.15, 0.2) is 0 Å². The van der Waals surface area contributed by atoms with Gasteiger partial charge in [0.1, 0.15) is 5.15 Å². The van der Waals surface area contributed by atoms with Crippen LogP contribution in [0.5, 0.6) is 0 Å². The topological polar surface area (TPSA) is 67.2 Å². The number of hydrogen-bond acceptors (Lipinski definition) is 3. The molecule has 0 spiro atoms. The summed E-state index contributed by atoms with van der Waals surface area (Å²) in [6.45, 7) is 9.54. The maximum atomic E-state index is 11.3. The van der Waals surface area contributed by atoms with Crippen LogP contribution in [0.3, 0.4) is 0 Å². The van der Waals surface area contributed by atoms with E-state index in [1.807, 2.05) is 20.8 Å². The van der Waals surface area contributed by atoms with Crippen LogP contribution in [-0.4, -0.2) is 26.4 Å². The third-order valence-corrected chi connectivity index (χ3v) is 4.55. The van der Waals surface area contributed by atoms with E-state index in [2.05, 4.69) is 10.4 Å². The first-order chi connectivity index (χ1) is 8.50. The van der Waals surface area contributed by atoms with Crippen molar-refractivity contribution in [3.8, 4) is 0 Å². The Kier molecular flexibility index (Phi) is 4.32. The summed E-state index contributed by atoms with van der Waals surface area (Å²) in [7, 11) is 1.78. The fourth-order valence-electron chi connectivity index (χ4n) is 1.67. The van der Waals surface area contributed by atoms with Crippen molar-refractivity contribution in [1.82, 2.24) is 15.1 Å². The van der Waals surface area contributed by atoms with Crippen LogP contribution >= 0.6 is 11.6 Å². The molecule has 0 radical (unpaired) electrons. The number of carboxylic acid groups (broad SMARTS) is 1. The molecule has 0 aliphatic heterocycles. The van der Waals surface area contributed by atoms with Gasteiger partial charge in [0, 0.05) is 24.7 Å². The molecule has 6 heteroatoms. The van der Waals surface area contributed by atoms with E-state index in [0.29, 0.717) is 11.7 Å². The third-order valence-electron chi connectivity index (χ3n) is 4.07. The van der Waals surface area contributed by atoms with Gasteiger partial charge in [-0.3, -0.25) is 9.48 Å². The summed E-state index contributed by atoms with van der Waals surface area (Å²) in [6, 6.07) is 0. The molecular formula is C13H22ClN3O2. The molecule has 0 saturated carbocycles. The van der Waals surface area contributed by atoms with Gasteiger partial charge < -0.3 is 10.4 Å². The first kappa shape index (κ1) is 16.0. The third kappa shape index (κ3) is 2.92. The van der Waals surface area contributed by atoms with E-state index in [-0.39, 0.29) is 0 Å². The summed E-state index contributed by atoms with van der Waals surface area (Å²) < 4.78 is 1.61. The van der Waals surface area contributed by atoms with Crippen LogP contribution in [0.4, 0.5) is 0 Å². The van der Waals surface area contributed by atoms with Crippen LogP contribution in [0.2, 0.25) is 5.15 Å². The largest absolute Gasteiger partial charge is 0.481 e. The Morgan fingerprint density at radius 1 is 1.42 bits per heavy atom. The molecule has 0 saturated heterocycles. The minimum Gasteiger partial charge on any atom is -0.481 e. The lowest BCUT2D eigenvalue weighted by atomic mass is 9.74. The van der Waals surface area contributed by atoms with Gasteiger partial charge in [-0.2, -0.15) is 5.10 Å². The van der Waals surface area contributed by atoms with E-state index < -0.39 is 16.9 Å². The Hall–Kier alpha value is -1.07. The second kappa shape index (κ2) is 5.13. The maximum Gasteiger partial charge on any atom is 0.310 e. The van der Waals surface area contributed by atoms with Crippen LogP contribution in [0.1, 0.15) is 39.0 Å². The highest BCUT2D eigenvalue weighted by atomic mass is 35.5. The van der Waals surface area contributed by atoms with Crippen molar-refractivity contribution in [2.45, 2.75) is 46.7 Å². The summed E-state index contributed by atoms with van der Waals surface area (Å²) >= 11 is 6.16. The predicted molar refractivity (Wildman–Crippen MR) is 75.3 cm³/mol. The summed E-state index contributed by atoms with van der Waals surface area (Å²) in [5, 5.41) is 17.4. The van der Waals surface area contributed by atoms with Gasteiger partial charge in [-0.15, -0.1) is 0 Å². The number of hydrogen-bond donors (Lipinski definition) is 2. The van der Waals surface area contributed by atoms with Gasteiger partial charge in [0.25, 0.3) is 0 Å². The molecule has 1 aromatic rings. The average Bonchev–Trinajstić information content (AvgIpc) is 2.50. The van der Waals surface area contributed by atoms with Gasteiger partial charge >= 0.3 is 5.97 Å². The highest BCUT2D eigenvalue weighted by molar-refractivity contribution is 6.30. The number of rotatable bonds is 5. The molecule has 0 aromatic carbocycles. The van der Waals surface area contributed by atoms with Crippen molar-refractivity contribution in [1.29, 1.82) is 0 Å². The van der Waals surface area contributed by atoms with Crippen molar-refractivity contribution < 1.29 is 9.90 Å². The molecule has 5 nitrogen and oxygen atoms in total. The van der Waals surface area contributed by atoms with E-state index in [9.17, 15) is 9.90 Å². The maximum absolute atomic E-state index is 11.3. The SMILES string of the molecule is Cc1nn(C)c(Cl)c1CNC(C)(C)C(C)(C)C(=O)O. The first-order valence-electron chi connectivity index (χ1n) is 6.17. The Bertz CT molecular complexity index is 492. The molecule has 1 aromatic heterocycles. The molecule has 108 valence electrons. The lowest BCUT2D eigenvalue weighted by Crippen LogP contribution is -2.54. The number of aliphatic carboxylic acids is 1. The molecule has 0 atom stereocenters. The summed E-state index contributed by atoms with van der Waals surface area (Å²) in [5.41, 5.74) is 0.280. The van der Waals surface area contributed by atoms with E-state index in [4.69, 9.17) is 11.6 Å². The normalized spacial score (nSPS) is 12.8. The van der Waals surface area contributed by atoms with Crippen molar-refractivity contribution >= 4 is 17.6 Å². The highest BCUT2D eigenvalue weighted by Crippen LogP contribution is 2.31. The summed E-state index contributed by atoms with van der Waals surface area (Å²) in [5.74, 6) is -0.834. The zero-order chi connectivity index (χ0) is 15.0. The number of nitrogens with one attached hydrogen (secondary N) is 1. The predicted octanol–water partition coefficient (Wildman–Crippen LogP) is 2.36. The monoisotopic (exact) mass is 287 g/mol. The lowest BCUT2D eigenvalue weighted by molar-refractivity contribution is -0.151. The quantitative estimate of drug-likeness (QED) is 0.872. The van der Waals surface area contributed by atoms with Crippen LogP contribution < -0.4 is 5.32 Å². The van der Waals surface area contributed by atoms with Gasteiger partial charge in [-0.05, 0) is 34.6 Å². The molecule has 0 aliphatic rings. The average molecular weight is 288 g/mol. The molecule has 0 fully saturated rings. The van der Waals surface area contributed by atoms with Crippen LogP contribution in [0, 0.1) is 12.3 Å². The fraction of sp³-hybridized carbons (Fsp3) is 0.692. The fourth-order valence-corrected chi connectivity index (χ4v) is 1.91.